The van der Waals surface area contributed by atoms with Crippen molar-refractivity contribution in [2.45, 2.75) is 77.7 Å². The molecule has 0 atom stereocenters. The zero-order valence-electron chi connectivity index (χ0n) is 12.5. The van der Waals surface area contributed by atoms with Gasteiger partial charge in [0.1, 0.15) is 0 Å². The van der Waals surface area contributed by atoms with Crippen molar-refractivity contribution in [3.63, 3.8) is 0 Å². The van der Waals surface area contributed by atoms with Crippen LogP contribution in [0.3, 0.4) is 0 Å². The Morgan fingerprint density at radius 1 is 0.833 bits per heavy atom. The van der Waals surface area contributed by atoms with Crippen LogP contribution in [0.5, 0.6) is 0 Å². The highest BCUT2D eigenvalue weighted by Gasteiger charge is 2.37. The van der Waals surface area contributed by atoms with Crippen LogP contribution >= 0.6 is 0 Å². The van der Waals surface area contributed by atoms with Crippen LogP contribution < -0.4 is 0 Å². The summed E-state index contributed by atoms with van der Waals surface area (Å²) in [6.07, 6.45) is 10.9. The third-order valence-electron chi connectivity index (χ3n) is 4.31. The minimum atomic E-state index is 0.139. The summed E-state index contributed by atoms with van der Waals surface area (Å²) in [6, 6.07) is 0. The summed E-state index contributed by atoms with van der Waals surface area (Å²) < 4.78 is 0. The van der Waals surface area contributed by atoms with Gasteiger partial charge in [-0.15, -0.1) is 0 Å². The molecule has 1 saturated carbocycles. The molecule has 1 aliphatic carbocycles. The smallest absolute Gasteiger partial charge is 0.0825 e. The molecule has 0 aromatic heterocycles. The summed E-state index contributed by atoms with van der Waals surface area (Å²) in [6.45, 7) is 9.24. The van der Waals surface area contributed by atoms with E-state index < -0.39 is 0 Å². The van der Waals surface area contributed by atoms with Gasteiger partial charge in [0.2, 0.25) is 0 Å². The van der Waals surface area contributed by atoms with Crippen molar-refractivity contribution < 1.29 is 0 Å². The predicted octanol–water partition coefficient (Wildman–Crippen LogP) is 4.22. The summed E-state index contributed by atoms with van der Waals surface area (Å²) in [5.74, 6) is 7.26. The highest BCUT2D eigenvalue weighted by atomic mass is 15.2. The first-order valence-electron chi connectivity index (χ1n) is 7.81. The molecule has 1 saturated heterocycles. The van der Waals surface area contributed by atoms with E-state index in [0.717, 1.165) is 0 Å². The van der Waals surface area contributed by atoms with Crippen molar-refractivity contribution in [3.05, 3.63) is 0 Å². The van der Waals surface area contributed by atoms with E-state index >= 15 is 0 Å². The molecular weight excluding hydrogens is 218 g/mol. The van der Waals surface area contributed by atoms with Gasteiger partial charge in [0.25, 0.3) is 0 Å². The minimum absolute atomic E-state index is 0.139. The maximum absolute atomic E-state index is 3.72. The quantitative estimate of drug-likeness (QED) is 0.627. The molecule has 1 nitrogen and oxygen atoms in total. The summed E-state index contributed by atoms with van der Waals surface area (Å²) in [4.78, 5) is 2.72. The largest absolute Gasteiger partial charge is 0.287 e. The summed E-state index contributed by atoms with van der Waals surface area (Å²) in [7, 11) is 0. The predicted molar refractivity (Wildman–Crippen MR) is 78.5 cm³/mol. The normalized spacial score (nSPS) is 25.3. The average Bonchev–Trinajstić information content (AvgIpc) is 2.38. The van der Waals surface area contributed by atoms with Crippen molar-refractivity contribution in [2.75, 3.05) is 13.1 Å². The second kappa shape index (κ2) is 5.66. The Kier molecular flexibility index (Phi) is 4.38. The number of likely N-dealkylation sites (tertiary alicyclic amines) is 1. The summed E-state index contributed by atoms with van der Waals surface area (Å²) in [5.41, 5.74) is 0.367. The van der Waals surface area contributed by atoms with Crippen LogP contribution in [-0.4, -0.2) is 23.5 Å². The maximum atomic E-state index is 3.72. The molecular formula is C17H29N. The van der Waals surface area contributed by atoms with E-state index in [1.54, 1.807) is 0 Å². The average molecular weight is 247 g/mol. The third-order valence-corrected chi connectivity index (χ3v) is 4.31. The van der Waals surface area contributed by atoms with E-state index in [1.165, 1.54) is 64.5 Å². The number of hydrogen-bond donors (Lipinski definition) is 0. The van der Waals surface area contributed by atoms with Gasteiger partial charge in [-0.25, -0.2) is 0 Å². The number of piperidine rings is 1. The van der Waals surface area contributed by atoms with Gasteiger partial charge in [0.05, 0.1) is 5.54 Å². The lowest BCUT2D eigenvalue weighted by Crippen LogP contribution is -2.51. The van der Waals surface area contributed by atoms with Gasteiger partial charge < -0.3 is 0 Å². The molecule has 2 fully saturated rings. The zero-order chi connectivity index (χ0) is 13.1. The van der Waals surface area contributed by atoms with E-state index in [9.17, 15) is 0 Å². The highest BCUT2D eigenvalue weighted by Crippen LogP contribution is 2.35. The monoisotopic (exact) mass is 247 g/mol. The molecule has 0 spiro atoms. The Hall–Kier alpha value is -0.480. The molecule has 1 heterocycles. The van der Waals surface area contributed by atoms with Crippen LogP contribution in [-0.2, 0) is 0 Å². The Morgan fingerprint density at radius 3 is 1.94 bits per heavy atom. The zero-order valence-corrected chi connectivity index (χ0v) is 12.5. The number of rotatable bonds is 1. The third kappa shape index (κ3) is 3.51. The van der Waals surface area contributed by atoms with Crippen LogP contribution in [0.2, 0.25) is 0 Å². The second-order valence-corrected chi connectivity index (χ2v) is 7.14. The molecule has 0 unspecified atom stereocenters. The van der Waals surface area contributed by atoms with Crippen LogP contribution in [0, 0.1) is 17.3 Å². The molecule has 0 N–H and O–H groups in total. The van der Waals surface area contributed by atoms with E-state index in [0.29, 0.717) is 0 Å². The molecule has 2 aliphatic rings. The molecule has 0 aromatic carbocycles. The van der Waals surface area contributed by atoms with Crippen molar-refractivity contribution in [1.29, 1.82) is 0 Å². The van der Waals surface area contributed by atoms with Crippen molar-refractivity contribution in [3.8, 4) is 11.8 Å². The van der Waals surface area contributed by atoms with Gasteiger partial charge in [-0.3, -0.25) is 4.90 Å². The SMILES string of the molecule is CC(C)(C)C#CC1(N2CCCCC2)CCCCC1. The fourth-order valence-electron chi connectivity index (χ4n) is 3.28. The van der Waals surface area contributed by atoms with Gasteiger partial charge in [-0.2, -0.15) is 0 Å². The molecule has 0 bridgehead atoms. The van der Waals surface area contributed by atoms with Crippen molar-refractivity contribution >= 4 is 0 Å². The topological polar surface area (TPSA) is 3.24 Å². The molecule has 0 aromatic rings. The fourth-order valence-corrected chi connectivity index (χ4v) is 3.28. The molecule has 1 heteroatoms. The Labute approximate surface area is 113 Å². The van der Waals surface area contributed by atoms with Crippen LogP contribution in [0.4, 0.5) is 0 Å². The van der Waals surface area contributed by atoms with Crippen molar-refractivity contribution in [1.82, 2.24) is 4.90 Å². The number of nitrogens with zero attached hydrogens (tertiary/aromatic N) is 1. The van der Waals surface area contributed by atoms with Gasteiger partial charge in [-0.1, -0.05) is 37.5 Å². The highest BCUT2D eigenvalue weighted by molar-refractivity contribution is 5.22. The van der Waals surface area contributed by atoms with Gasteiger partial charge in [0, 0.05) is 5.41 Å². The number of hydrogen-bond acceptors (Lipinski definition) is 1. The summed E-state index contributed by atoms with van der Waals surface area (Å²) in [5, 5.41) is 0. The lowest BCUT2D eigenvalue weighted by Gasteiger charge is -2.45. The summed E-state index contributed by atoms with van der Waals surface area (Å²) >= 11 is 0. The Balaban J connectivity index is 2.18. The molecule has 2 rings (SSSR count). The van der Waals surface area contributed by atoms with Gasteiger partial charge in [0.15, 0.2) is 0 Å². The van der Waals surface area contributed by atoms with E-state index in [1.807, 2.05) is 0 Å². The maximum Gasteiger partial charge on any atom is 0.0825 e. The molecule has 1 aliphatic heterocycles. The standard InChI is InChI=1S/C17H29N/c1-16(2,3)12-13-17(10-6-4-7-11-17)18-14-8-5-9-15-18/h4-11,14-15H2,1-3H3. The van der Waals surface area contributed by atoms with Crippen LogP contribution in [0.25, 0.3) is 0 Å². The minimum Gasteiger partial charge on any atom is -0.287 e. The van der Waals surface area contributed by atoms with E-state index in [-0.39, 0.29) is 11.0 Å². The lowest BCUT2D eigenvalue weighted by molar-refractivity contribution is 0.0790. The first-order chi connectivity index (χ1) is 8.52. The molecule has 18 heavy (non-hydrogen) atoms. The molecule has 0 radical (unpaired) electrons. The van der Waals surface area contributed by atoms with E-state index in [4.69, 9.17) is 0 Å². The van der Waals surface area contributed by atoms with Crippen LogP contribution in [0.15, 0.2) is 0 Å². The molecule has 0 amide bonds. The van der Waals surface area contributed by atoms with Gasteiger partial charge >= 0.3 is 0 Å². The lowest BCUT2D eigenvalue weighted by atomic mass is 9.79. The first kappa shape index (κ1) is 13.9. The van der Waals surface area contributed by atoms with Crippen LogP contribution in [0.1, 0.15) is 72.1 Å². The molecule has 102 valence electrons. The first-order valence-corrected chi connectivity index (χ1v) is 7.81. The van der Waals surface area contributed by atoms with Crippen molar-refractivity contribution in [2.24, 2.45) is 5.41 Å². The second-order valence-electron chi connectivity index (χ2n) is 7.14. The van der Waals surface area contributed by atoms with E-state index in [2.05, 4.69) is 37.5 Å². The van der Waals surface area contributed by atoms with Gasteiger partial charge in [-0.05, 0) is 59.5 Å². The Morgan fingerprint density at radius 2 is 1.39 bits per heavy atom. The Bertz CT molecular complexity index is 314. The fraction of sp³-hybridized carbons (Fsp3) is 0.882.